The van der Waals surface area contributed by atoms with E-state index in [1.54, 1.807) is 24.1 Å². The number of fused-ring (bicyclic) bond motifs is 1. The molecule has 5 nitrogen and oxygen atoms in total. The van der Waals surface area contributed by atoms with Gasteiger partial charge in [0.25, 0.3) is 0 Å². The van der Waals surface area contributed by atoms with E-state index in [2.05, 4.69) is 9.88 Å². The van der Waals surface area contributed by atoms with Crippen LogP contribution in [-0.4, -0.2) is 55.6 Å². The number of carbonyl (C=O) groups excluding carboxylic acids is 1. The van der Waals surface area contributed by atoms with Gasteiger partial charge in [-0.2, -0.15) is 0 Å². The Bertz CT molecular complexity index is 1050. The van der Waals surface area contributed by atoms with Gasteiger partial charge in [0.15, 0.2) is 5.13 Å². The van der Waals surface area contributed by atoms with Crippen molar-refractivity contribution in [1.29, 1.82) is 0 Å². The summed E-state index contributed by atoms with van der Waals surface area (Å²) >= 11 is 13.5. The van der Waals surface area contributed by atoms with Gasteiger partial charge in [-0.3, -0.25) is 4.79 Å². The van der Waals surface area contributed by atoms with Crippen LogP contribution >= 0.6 is 34.5 Å². The molecule has 9 heteroatoms. The Kier molecular flexibility index (Phi) is 5.81. The van der Waals surface area contributed by atoms with E-state index >= 15 is 0 Å². The molecule has 0 bridgehead atoms. The molecule has 4 rings (SSSR count). The van der Waals surface area contributed by atoms with E-state index in [0.717, 1.165) is 23.5 Å². The highest BCUT2D eigenvalue weighted by atomic mass is 35.5. The summed E-state index contributed by atoms with van der Waals surface area (Å²) in [6.45, 7) is 2.90. The molecule has 2 aromatic carbocycles. The SMILES string of the molecule is CN(CC(=O)N1CCN(c2ccc(Cl)c(Cl)c2)CC1)c1nc2c(F)cccc2s1. The minimum absolute atomic E-state index is 0.0287. The number of anilines is 2. The van der Waals surface area contributed by atoms with Crippen molar-refractivity contribution in [2.45, 2.75) is 0 Å². The number of aromatic nitrogens is 1. The lowest BCUT2D eigenvalue weighted by molar-refractivity contribution is -0.129. The summed E-state index contributed by atoms with van der Waals surface area (Å²) in [5.74, 6) is -0.316. The Morgan fingerprint density at radius 2 is 1.93 bits per heavy atom. The number of nitrogens with zero attached hydrogens (tertiary/aromatic N) is 4. The van der Waals surface area contributed by atoms with E-state index in [-0.39, 0.29) is 18.3 Å². The third-order valence-electron chi connectivity index (χ3n) is 4.96. The highest BCUT2D eigenvalue weighted by molar-refractivity contribution is 7.22. The second kappa shape index (κ2) is 8.34. The predicted molar refractivity (Wildman–Crippen MR) is 118 cm³/mol. The molecule has 29 heavy (non-hydrogen) atoms. The smallest absolute Gasteiger partial charge is 0.242 e. The zero-order valence-corrected chi connectivity index (χ0v) is 18.1. The van der Waals surface area contributed by atoms with Crippen molar-refractivity contribution in [3.05, 3.63) is 52.3 Å². The summed E-state index contributed by atoms with van der Waals surface area (Å²) in [6.07, 6.45) is 0. The van der Waals surface area contributed by atoms with Crippen molar-refractivity contribution in [3.8, 4) is 0 Å². The van der Waals surface area contributed by atoms with E-state index in [1.807, 2.05) is 23.1 Å². The van der Waals surface area contributed by atoms with Crippen LogP contribution in [0, 0.1) is 5.82 Å². The van der Waals surface area contributed by atoms with Crippen LogP contribution in [0.15, 0.2) is 36.4 Å². The highest BCUT2D eigenvalue weighted by Gasteiger charge is 2.23. The number of carbonyl (C=O) groups is 1. The van der Waals surface area contributed by atoms with Gasteiger partial charge in [-0.25, -0.2) is 9.37 Å². The van der Waals surface area contributed by atoms with Gasteiger partial charge in [0, 0.05) is 38.9 Å². The van der Waals surface area contributed by atoms with Crippen LogP contribution in [0.5, 0.6) is 0 Å². The van der Waals surface area contributed by atoms with Gasteiger partial charge < -0.3 is 14.7 Å². The van der Waals surface area contributed by atoms with Crippen molar-refractivity contribution in [2.24, 2.45) is 0 Å². The van der Waals surface area contributed by atoms with Gasteiger partial charge in [-0.05, 0) is 30.3 Å². The zero-order valence-electron chi connectivity index (χ0n) is 15.7. The van der Waals surface area contributed by atoms with Gasteiger partial charge in [0.1, 0.15) is 11.3 Å². The normalized spacial score (nSPS) is 14.5. The molecule has 3 aromatic rings. The number of para-hydroxylation sites is 1. The van der Waals surface area contributed by atoms with Crippen molar-refractivity contribution < 1.29 is 9.18 Å². The molecular formula is C20H19Cl2FN4OS. The maximum atomic E-state index is 13.9. The number of amides is 1. The van der Waals surface area contributed by atoms with Crippen LogP contribution in [0.4, 0.5) is 15.2 Å². The minimum atomic E-state index is -0.344. The third-order valence-corrected chi connectivity index (χ3v) is 6.83. The number of halogens is 3. The Morgan fingerprint density at radius 1 is 1.17 bits per heavy atom. The third kappa shape index (κ3) is 4.27. The second-order valence-corrected chi connectivity index (χ2v) is 8.73. The van der Waals surface area contributed by atoms with Crippen molar-refractivity contribution in [2.75, 3.05) is 49.6 Å². The maximum absolute atomic E-state index is 13.9. The van der Waals surface area contributed by atoms with Gasteiger partial charge in [-0.15, -0.1) is 0 Å². The van der Waals surface area contributed by atoms with Crippen molar-refractivity contribution >= 4 is 61.5 Å². The van der Waals surface area contributed by atoms with Crippen LogP contribution in [-0.2, 0) is 4.79 Å². The molecule has 0 saturated carbocycles. The first-order valence-corrected chi connectivity index (χ1v) is 10.7. The Balaban J connectivity index is 1.36. The second-order valence-electron chi connectivity index (χ2n) is 6.91. The standard InChI is InChI=1S/C20H19Cl2FN4OS/c1-25(20-24-19-16(23)3-2-4-17(19)29-20)12-18(28)27-9-7-26(8-10-27)13-5-6-14(21)15(22)11-13/h2-6,11H,7-10,12H2,1H3. The summed E-state index contributed by atoms with van der Waals surface area (Å²) in [7, 11) is 1.81. The highest BCUT2D eigenvalue weighted by Crippen LogP contribution is 2.30. The Hall–Kier alpha value is -2.09. The number of piperazine rings is 1. The summed E-state index contributed by atoms with van der Waals surface area (Å²) in [6, 6.07) is 10.5. The first kappa shape index (κ1) is 20.2. The average molecular weight is 453 g/mol. The Labute approximate surface area is 182 Å². The fourth-order valence-corrected chi connectivity index (χ4v) is 4.57. The molecule has 1 aliphatic heterocycles. The van der Waals surface area contributed by atoms with Gasteiger partial charge in [0.05, 0.1) is 21.3 Å². The molecule has 0 aliphatic carbocycles. The largest absolute Gasteiger partial charge is 0.368 e. The molecule has 152 valence electrons. The molecule has 2 heterocycles. The van der Waals surface area contributed by atoms with Crippen LogP contribution in [0.25, 0.3) is 10.2 Å². The van der Waals surface area contributed by atoms with E-state index in [0.29, 0.717) is 33.8 Å². The quantitative estimate of drug-likeness (QED) is 0.582. The van der Waals surface area contributed by atoms with E-state index in [1.165, 1.54) is 17.4 Å². The summed E-state index contributed by atoms with van der Waals surface area (Å²) in [4.78, 5) is 22.9. The predicted octanol–water partition coefficient (Wildman–Crippen LogP) is 4.53. The molecule has 1 amide bonds. The lowest BCUT2D eigenvalue weighted by atomic mass is 10.2. The topological polar surface area (TPSA) is 39.7 Å². The maximum Gasteiger partial charge on any atom is 0.242 e. The molecule has 0 radical (unpaired) electrons. The number of hydrogen-bond donors (Lipinski definition) is 0. The van der Waals surface area contributed by atoms with E-state index in [4.69, 9.17) is 23.2 Å². The molecule has 1 fully saturated rings. The van der Waals surface area contributed by atoms with Crippen LogP contribution in [0.1, 0.15) is 0 Å². The minimum Gasteiger partial charge on any atom is -0.368 e. The van der Waals surface area contributed by atoms with Crippen LogP contribution < -0.4 is 9.80 Å². The summed E-state index contributed by atoms with van der Waals surface area (Å²) < 4.78 is 14.6. The first-order chi connectivity index (χ1) is 13.9. The molecule has 0 unspecified atom stereocenters. The average Bonchev–Trinajstić information content (AvgIpc) is 3.16. The van der Waals surface area contributed by atoms with Gasteiger partial charge in [0.2, 0.25) is 5.91 Å². The molecular weight excluding hydrogens is 434 g/mol. The number of benzene rings is 2. The number of thiazole rings is 1. The van der Waals surface area contributed by atoms with Crippen LogP contribution in [0.2, 0.25) is 10.0 Å². The lowest BCUT2D eigenvalue weighted by Gasteiger charge is -2.36. The van der Waals surface area contributed by atoms with Crippen molar-refractivity contribution in [3.63, 3.8) is 0 Å². The number of likely N-dealkylation sites (N-methyl/N-ethyl adjacent to an activating group) is 1. The van der Waals surface area contributed by atoms with Gasteiger partial charge in [-0.1, -0.05) is 40.6 Å². The van der Waals surface area contributed by atoms with Crippen LogP contribution in [0.3, 0.4) is 0 Å². The fourth-order valence-electron chi connectivity index (χ4n) is 3.33. The number of hydrogen-bond acceptors (Lipinski definition) is 5. The summed E-state index contributed by atoms with van der Waals surface area (Å²) in [5, 5.41) is 1.69. The Morgan fingerprint density at radius 3 is 2.62 bits per heavy atom. The zero-order chi connectivity index (χ0) is 20.5. The first-order valence-electron chi connectivity index (χ1n) is 9.16. The van der Waals surface area contributed by atoms with Crippen molar-refractivity contribution in [1.82, 2.24) is 9.88 Å². The van der Waals surface area contributed by atoms with Gasteiger partial charge >= 0.3 is 0 Å². The molecule has 1 aromatic heterocycles. The molecule has 1 aliphatic rings. The van der Waals surface area contributed by atoms with E-state index < -0.39 is 0 Å². The molecule has 0 spiro atoms. The monoisotopic (exact) mass is 452 g/mol. The molecule has 0 N–H and O–H groups in total. The van der Waals surface area contributed by atoms with E-state index in [9.17, 15) is 9.18 Å². The number of rotatable bonds is 4. The fraction of sp³-hybridized carbons (Fsp3) is 0.300. The molecule has 0 atom stereocenters. The molecule has 1 saturated heterocycles. The summed E-state index contributed by atoms with van der Waals surface area (Å²) in [5.41, 5.74) is 1.35. The lowest BCUT2D eigenvalue weighted by Crippen LogP contribution is -2.51.